The highest BCUT2D eigenvalue weighted by Gasteiger charge is 2.08. The fourth-order valence-corrected chi connectivity index (χ4v) is 2.51. The summed E-state index contributed by atoms with van der Waals surface area (Å²) in [5.41, 5.74) is 1.62. The minimum atomic E-state index is 0.273. The summed E-state index contributed by atoms with van der Waals surface area (Å²) >= 11 is 10.5. The number of phenolic OH excluding ortho intramolecular Hbond substituents is 1. The van der Waals surface area contributed by atoms with Gasteiger partial charge in [0.1, 0.15) is 5.75 Å². The van der Waals surface area contributed by atoms with Crippen LogP contribution in [0.25, 0.3) is 0 Å². The van der Waals surface area contributed by atoms with E-state index < -0.39 is 0 Å². The zero-order chi connectivity index (χ0) is 18.5. The Balaban J connectivity index is 2.46. The van der Waals surface area contributed by atoms with E-state index in [2.05, 4.69) is 35.1 Å². The molecule has 0 heterocycles. The molecule has 5 N–H and O–H groups in total. The number of para-hydroxylation sites is 1. The van der Waals surface area contributed by atoms with Crippen LogP contribution in [0, 0.1) is 0 Å². The highest BCUT2D eigenvalue weighted by atomic mass is 32.1. The Morgan fingerprint density at radius 1 is 0.840 bits per heavy atom. The molecule has 0 radical (unpaired) electrons. The molecule has 0 aliphatic heterocycles. The lowest BCUT2D eigenvalue weighted by molar-refractivity contribution is 0.459. The molecule has 1 aromatic carbocycles. The van der Waals surface area contributed by atoms with Gasteiger partial charge in [-0.3, -0.25) is 0 Å². The molecule has 0 aliphatic rings. The van der Waals surface area contributed by atoms with Gasteiger partial charge < -0.3 is 26.4 Å². The molecule has 5 nitrogen and oxygen atoms in total. The van der Waals surface area contributed by atoms with Crippen LogP contribution >= 0.6 is 24.4 Å². The van der Waals surface area contributed by atoms with Crippen LogP contribution in [0.4, 0.5) is 0 Å². The molecule has 25 heavy (non-hydrogen) atoms. The normalized spacial score (nSPS) is 10.2. The first-order valence-electron chi connectivity index (χ1n) is 8.91. The van der Waals surface area contributed by atoms with E-state index in [9.17, 15) is 5.11 Å². The Morgan fingerprint density at radius 3 is 1.68 bits per heavy atom. The Kier molecular flexibility index (Phi) is 10.9. The van der Waals surface area contributed by atoms with Crippen molar-refractivity contribution < 1.29 is 5.11 Å². The molecule has 0 unspecified atom stereocenters. The average Bonchev–Trinajstić information content (AvgIpc) is 2.60. The minimum absolute atomic E-state index is 0.273. The fourth-order valence-electron chi connectivity index (χ4n) is 2.16. The van der Waals surface area contributed by atoms with Gasteiger partial charge in [0.05, 0.1) is 0 Å². The first-order valence-corrected chi connectivity index (χ1v) is 9.73. The summed E-state index contributed by atoms with van der Waals surface area (Å²) in [6, 6.07) is 5.70. The van der Waals surface area contributed by atoms with E-state index in [4.69, 9.17) is 24.4 Å². The quantitative estimate of drug-likeness (QED) is 0.315. The van der Waals surface area contributed by atoms with Crippen molar-refractivity contribution in [1.29, 1.82) is 0 Å². The third-order valence-corrected chi connectivity index (χ3v) is 4.29. The zero-order valence-corrected chi connectivity index (χ0v) is 16.8. The third-order valence-electron chi connectivity index (χ3n) is 3.71. The Labute approximate surface area is 162 Å². The first kappa shape index (κ1) is 21.4. The molecule has 0 saturated heterocycles. The SMILES string of the molecule is CCCCNC(=S)NCc1cccc(CNC(=S)NCCCC)c1O. The van der Waals surface area contributed by atoms with Gasteiger partial charge in [0.25, 0.3) is 0 Å². The number of benzene rings is 1. The molecule has 0 spiro atoms. The maximum absolute atomic E-state index is 10.4. The standard InChI is InChI=1S/C18H30N4OS2/c1-3-5-10-19-17(24)21-12-14-8-7-9-15(16(14)23)13-22-18(25)20-11-6-4-2/h7-9,23H,3-6,10-13H2,1-2H3,(H2,19,21,24)(H2,20,22,25). The third kappa shape index (κ3) is 8.88. The molecule has 0 saturated carbocycles. The number of rotatable bonds is 10. The van der Waals surface area contributed by atoms with Crippen molar-refractivity contribution in [3.63, 3.8) is 0 Å². The van der Waals surface area contributed by atoms with Crippen LogP contribution in [0.5, 0.6) is 5.75 Å². The lowest BCUT2D eigenvalue weighted by Crippen LogP contribution is -2.35. The Hall–Kier alpha value is -1.60. The molecule has 0 fully saturated rings. The van der Waals surface area contributed by atoms with Crippen molar-refractivity contribution in [2.75, 3.05) is 13.1 Å². The molecule has 0 aromatic heterocycles. The summed E-state index contributed by atoms with van der Waals surface area (Å²) in [6.45, 7) is 6.97. The van der Waals surface area contributed by atoms with E-state index in [0.717, 1.165) is 49.9 Å². The van der Waals surface area contributed by atoms with Gasteiger partial charge in [0.2, 0.25) is 0 Å². The molecule has 0 amide bonds. The largest absolute Gasteiger partial charge is 0.507 e. The second kappa shape index (κ2) is 12.7. The zero-order valence-electron chi connectivity index (χ0n) is 15.2. The molecular formula is C18H30N4OS2. The van der Waals surface area contributed by atoms with Gasteiger partial charge in [-0.15, -0.1) is 0 Å². The summed E-state index contributed by atoms with van der Waals surface area (Å²) in [6.07, 6.45) is 4.42. The highest BCUT2D eigenvalue weighted by molar-refractivity contribution is 7.80. The van der Waals surface area contributed by atoms with Crippen molar-refractivity contribution in [1.82, 2.24) is 21.3 Å². The predicted octanol–water partition coefficient (Wildman–Crippen LogP) is 2.92. The maximum atomic E-state index is 10.4. The molecule has 0 bridgehead atoms. The molecule has 1 aromatic rings. The van der Waals surface area contributed by atoms with Crippen LogP contribution in [0.15, 0.2) is 18.2 Å². The van der Waals surface area contributed by atoms with Crippen LogP contribution in [0.3, 0.4) is 0 Å². The second-order valence-electron chi connectivity index (χ2n) is 5.85. The van der Waals surface area contributed by atoms with Crippen LogP contribution in [0.2, 0.25) is 0 Å². The van der Waals surface area contributed by atoms with Crippen LogP contribution in [0.1, 0.15) is 50.7 Å². The van der Waals surface area contributed by atoms with Gasteiger partial charge in [-0.2, -0.15) is 0 Å². The topological polar surface area (TPSA) is 68.3 Å². The van der Waals surface area contributed by atoms with Gasteiger partial charge in [0.15, 0.2) is 10.2 Å². The van der Waals surface area contributed by atoms with Gasteiger partial charge in [-0.1, -0.05) is 44.9 Å². The van der Waals surface area contributed by atoms with Crippen LogP contribution in [-0.4, -0.2) is 28.4 Å². The Bertz CT molecular complexity index is 508. The van der Waals surface area contributed by atoms with Crippen molar-refractivity contribution in [3.05, 3.63) is 29.3 Å². The number of hydrogen-bond acceptors (Lipinski definition) is 3. The van der Waals surface area contributed by atoms with Crippen LogP contribution < -0.4 is 21.3 Å². The monoisotopic (exact) mass is 382 g/mol. The number of nitrogens with one attached hydrogen (secondary N) is 4. The van der Waals surface area contributed by atoms with Gasteiger partial charge in [-0.25, -0.2) is 0 Å². The summed E-state index contributed by atoms with van der Waals surface area (Å²) in [5.74, 6) is 0.273. The number of hydrogen-bond donors (Lipinski definition) is 5. The number of aromatic hydroxyl groups is 1. The van der Waals surface area contributed by atoms with E-state index in [1.807, 2.05) is 18.2 Å². The molecule has 140 valence electrons. The second-order valence-corrected chi connectivity index (χ2v) is 6.67. The van der Waals surface area contributed by atoms with Crippen LogP contribution in [-0.2, 0) is 13.1 Å². The maximum Gasteiger partial charge on any atom is 0.166 e. The van der Waals surface area contributed by atoms with Gasteiger partial charge in [0, 0.05) is 37.3 Å². The lowest BCUT2D eigenvalue weighted by Gasteiger charge is -2.14. The summed E-state index contributed by atoms with van der Waals surface area (Å²) in [4.78, 5) is 0. The van der Waals surface area contributed by atoms with E-state index in [1.54, 1.807) is 0 Å². The first-order chi connectivity index (χ1) is 12.1. The molecule has 0 aliphatic carbocycles. The van der Waals surface area contributed by atoms with E-state index in [-0.39, 0.29) is 5.75 Å². The summed E-state index contributed by atoms with van der Waals surface area (Å²) in [5, 5.41) is 24.2. The van der Waals surface area contributed by atoms with Gasteiger partial charge in [-0.05, 0) is 37.3 Å². The minimum Gasteiger partial charge on any atom is -0.507 e. The summed E-state index contributed by atoms with van der Waals surface area (Å²) < 4.78 is 0. The van der Waals surface area contributed by atoms with Crippen molar-refractivity contribution in [2.45, 2.75) is 52.6 Å². The van der Waals surface area contributed by atoms with Crippen molar-refractivity contribution in [2.24, 2.45) is 0 Å². The molecule has 1 rings (SSSR count). The summed E-state index contributed by atoms with van der Waals surface area (Å²) in [7, 11) is 0. The number of phenols is 1. The van der Waals surface area contributed by atoms with E-state index in [0.29, 0.717) is 23.3 Å². The van der Waals surface area contributed by atoms with E-state index >= 15 is 0 Å². The average molecular weight is 383 g/mol. The lowest BCUT2D eigenvalue weighted by atomic mass is 10.1. The highest BCUT2D eigenvalue weighted by Crippen LogP contribution is 2.22. The van der Waals surface area contributed by atoms with Gasteiger partial charge >= 0.3 is 0 Å². The number of thiocarbonyl (C=S) groups is 2. The number of unbranched alkanes of at least 4 members (excludes halogenated alkanes) is 2. The molecule has 0 atom stereocenters. The van der Waals surface area contributed by atoms with Crippen molar-refractivity contribution in [3.8, 4) is 5.75 Å². The Morgan fingerprint density at radius 2 is 1.28 bits per heavy atom. The van der Waals surface area contributed by atoms with Crippen molar-refractivity contribution >= 4 is 34.7 Å². The molecule has 7 heteroatoms. The fraction of sp³-hybridized carbons (Fsp3) is 0.556. The smallest absolute Gasteiger partial charge is 0.166 e. The molecular weight excluding hydrogens is 352 g/mol. The predicted molar refractivity (Wildman–Crippen MR) is 113 cm³/mol. The van der Waals surface area contributed by atoms with E-state index in [1.165, 1.54) is 0 Å².